The van der Waals surface area contributed by atoms with E-state index in [2.05, 4.69) is 21.2 Å². The lowest BCUT2D eigenvalue weighted by Crippen LogP contribution is -2.39. The van der Waals surface area contributed by atoms with Crippen LogP contribution >= 0.6 is 15.9 Å². The Morgan fingerprint density at radius 2 is 1.90 bits per heavy atom. The van der Waals surface area contributed by atoms with Gasteiger partial charge < -0.3 is 10.2 Å². The first-order valence-corrected chi connectivity index (χ1v) is 10.4. The van der Waals surface area contributed by atoms with Crippen LogP contribution in [-0.2, 0) is 16.0 Å². The zero-order chi connectivity index (χ0) is 21.3. The first-order valence-electron chi connectivity index (χ1n) is 9.60. The van der Waals surface area contributed by atoms with Gasteiger partial charge in [-0.1, -0.05) is 57.9 Å². The quantitative estimate of drug-likeness (QED) is 0.589. The Morgan fingerprint density at radius 3 is 2.63 bits per heavy atom. The van der Waals surface area contributed by atoms with E-state index >= 15 is 0 Å². The van der Waals surface area contributed by atoms with Crippen molar-refractivity contribution in [3.05, 3.63) is 99.3 Å². The second-order valence-electron chi connectivity index (χ2n) is 7.42. The molecule has 0 spiro atoms. The van der Waals surface area contributed by atoms with Crippen LogP contribution in [0.1, 0.15) is 28.3 Å². The van der Waals surface area contributed by atoms with Gasteiger partial charge in [0, 0.05) is 15.7 Å². The molecule has 1 aliphatic rings. The van der Waals surface area contributed by atoms with E-state index in [-0.39, 0.29) is 30.6 Å². The number of nitrogens with one attached hydrogen (secondary N) is 1. The van der Waals surface area contributed by atoms with Crippen molar-refractivity contribution < 1.29 is 14.0 Å². The third-order valence-electron chi connectivity index (χ3n) is 5.15. The van der Waals surface area contributed by atoms with Gasteiger partial charge in [0.15, 0.2) is 0 Å². The van der Waals surface area contributed by atoms with Crippen molar-refractivity contribution in [2.45, 2.75) is 19.4 Å². The maximum atomic E-state index is 13.6. The minimum atomic E-state index is -0.519. The van der Waals surface area contributed by atoms with Gasteiger partial charge in [0.2, 0.25) is 11.8 Å². The molecule has 30 heavy (non-hydrogen) atoms. The van der Waals surface area contributed by atoms with Gasteiger partial charge >= 0.3 is 0 Å². The molecule has 0 aromatic heterocycles. The van der Waals surface area contributed by atoms with Crippen molar-refractivity contribution in [1.82, 2.24) is 4.90 Å². The second-order valence-corrected chi connectivity index (χ2v) is 8.34. The highest BCUT2D eigenvalue weighted by molar-refractivity contribution is 9.10. The van der Waals surface area contributed by atoms with E-state index in [0.29, 0.717) is 5.69 Å². The van der Waals surface area contributed by atoms with Crippen molar-refractivity contribution >= 4 is 33.4 Å². The first kappa shape index (κ1) is 20.3. The molecule has 0 saturated heterocycles. The smallest absolute Gasteiger partial charge is 0.244 e. The maximum Gasteiger partial charge on any atom is 0.244 e. The lowest BCUT2D eigenvalue weighted by Gasteiger charge is -2.31. The summed E-state index contributed by atoms with van der Waals surface area (Å²) in [7, 11) is 0. The number of amides is 2. The standard InChI is InChI=1S/C24H20BrFN2O2/c1-15-3-2-4-16(11-15)12-23(30)28-14-22(29)27-21-10-7-18(25)13-20(21)24(28)17-5-8-19(26)9-6-17/h2-11,13,24H,12,14H2,1H3,(H,27,29)/t24-/m1/s1. The molecule has 0 unspecified atom stereocenters. The first-order chi connectivity index (χ1) is 14.4. The summed E-state index contributed by atoms with van der Waals surface area (Å²) in [5, 5.41) is 2.89. The predicted octanol–water partition coefficient (Wildman–Crippen LogP) is 5.01. The molecule has 0 bridgehead atoms. The van der Waals surface area contributed by atoms with E-state index in [1.54, 1.807) is 17.0 Å². The molecule has 0 saturated carbocycles. The summed E-state index contributed by atoms with van der Waals surface area (Å²) in [5.41, 5.74) is 4.11. The molecular formula is C24H20BrFN2O2. The molecule has 1 N–H and O–H groups in total. The number of aryl methyl sites for hydroxylation is 1. The fourth-order valence-corrected chi connectivity index (χ4v) is 4.19. The van der Waals surface area contributed by atoms with Crippen LogP contribution in [0.5, 0.6) is 0 Å². The number of carbonyl (C=O) groups excluding carboxylic acids is 2. The second kappa shape index (κ2) is 8.40. The Labute approximate surface area is 182 Å². The van der Waals surface area contributed by atoms with Crippen molar-refractivity contribution in [2.24, 2.45) is 0 Å². The van der Waals surface area contributed by atoms with Gasteiger partial charge in [0.1, 0.15) is 12.4 Å². The fourth-order valence-electron chi connectivity index (χ4n) is 3.81. The highest BCUT2D eigenvalue weighted by atomic mass is 79.9. The largest absolute Gasteiger partial charge is 0.324 e. The van der Waals surface area contributed by atoms with Gasteiger partial charge in [-0.05, 0) is 48.4 Å². The Hall–Kier alpha value is -2.99. The summed E-state index contributed by atoms with van der Waals surface area (Å²) in [6.45, 7) is 1.89. The molecule has 3 aromatic carbocycles. The maximum absolute atomic E-state index is 13.6. The topological polar surface area (TPSA) is 49.4 Å². The van der Waals surface area contributed by atoms with Gasteiger partial charge in [0.25, 0.3) is 0 Å². The molecule has 6 heteroatoms. The fraction of sp³-hybridized carbons (Fsp3) is 0.167. The molecule has 2 amide bonds. The summed E-state index contributed by atoms with van der Waals surface area (Å²) in [5.74, 6) is -0.785. The molecule has 1 heterocycles. The average molecular weight is 467 g/mol. The summed E-state index contributed by atoms with van der Waals surface area (Å²) in [6.07, 6.45) is 0.177. The molecule has 0 aliphatic carbocycles. The van der Waals surface area contributed by atoms with Gasteiger partial charge in [0.05, 0.1) is 12.5 Å². The van der Waals surface area contributed by atoms with E-state index < -0.39 is 6.04 Å². The van der Waals surface area contributed by atoms with E-state index in [1.165, 1.54) is 12.1 Å². The van der Waals surface area contributed by atoms with Gasteiger partial charge in [-0.15, -0.1) is 0 Å². The highest BCUT2D eigenvalue weighted by Gasteiger charge is 2.33. The molecule has 152 valence electrons. The normalized spacial score (nSPS) is 15.9. The predicted molar refractivity (Wildman–Crippen MR) is 118 cm³/mol. The number of hydrogen-bond donors (Lipinski definition) is 1. The van der Waals surface area contributed by atoms with Gasteiger partial charge in [-0.3, -0.25) is 9.59 Å². The number of anilines is 1. The van der Waals surface area contributed by atoms with Crippen LogP contribution in [0.4, 0.5) is 10.1 Å². The summed E-state index contributed by atoms with van der Waals surface area (Å²) in [6, 6.07) is 18.8. The summed E-state index contributed by atoms with van der Waals surface area (Å²) < 4.78 is 14.4. The zero-order valence-electron chi connectivity index (χ0n) is 16.4. The number of benzene rings is 3. The van der Waals surface area contributed by atoms with E-state index in [9.17, 15) is 14.0 Å². The monoisotopic (exact) mass is 466 g/mol. The molecule has 1 aliphatic heterocycles. The van der Waals surface area contributed by atoms with Crippen LogP contribution < -0.4 is 5.32 Å². The lowest BCUT2D eigenvalue weighted by molar-refractivity contribution is -0.135. The van der Waals surface area contributed by atoms with Crippen LogP contribution in [0.3, 0.4) is 0 Å². The number of rotatable bonds is 3. The van der Waals surface area contributed by atoms with Gasteiger partial charge in [-0.2, -0.15) is 0 Å². The number of hydrogen-bond acceptors (Lipinski definition) is 2. The molecular weight excluding hydrogens is 447 g/mol. The Kier molecular flexibility index (Phi) is 5.68. The SMILES string of the molecule is Cc1cccc(CC(=O)N2CC(=O)Nc3ccc(Br)cc3[C@H]2c2ccc(F)cc2)c1. The number of carbonyl (C=O) groups is 2. The lowest BCUT2D eigenvalue weighted by atomic mass is 9.95. The molecule has 0 fully saturated rings. The van der Waals surface area contributed by atoms with Crippen molar-refractivity contribution in [3.8, 4) is 0 Å². The number of nitrogens with zero attached hydrogens (tertiary/aromatic N) is 1. The summed E-state index contributed by atoms with van der Waals surface area (Å²) in [4.78, 5) is 27.6. The summed E-state index contributed by atoms with van der Waals surface area (Å²) >= 11 is 3.49. The van der Waals surface area contributed by atoms with Crippen LogP contribution in [0.15, 0.2) is 71.2 Å². The Morgan fingerprint density at radius 1 is 1.13 bits per heavy atom. The van der Waals surface area contributed by atoms with E-state index in [1.807, 2.05) is 49.4 Å². The van der Waals surface area contributed by atoms with Crippen molar-refractivity contribution in [1.29, 1.82) is 0 Å². The van der Waals surface area contributed by atoms with E-state index in [0.717, 1.165) is 26.7 Å². The Bertz CT molecular complexity index is 1110. The van der Waals surface area contributed by atoms with Crippen molar-refractivity contribution in [3.63, 3.8) is 0 Å². The number of halogens is 2. The van der Waals surface area contributed by atoms with Crippen LogP contribution in [0, 0.1) is 12.7 Å². The molecule has 4 nitrogen and oxygen atoms in total. The average Bonchev–Trinajstić information content (AvgIpc) is 2.84. The number of fused-ring (bicyclic) bond motifs is 1. The third-order valence-corrected chi connectivity index (χ3v) is 5.65. The van der Waals surface area contributed by atoms with Crippen LogP contribution in [-0.4, -0.2) is 23.3 Å². The molecule has 3 aromatic rings. The Balaban J connectivity index is 1.80. The zero-order valence-corrected chi connectivity index (χ0v) is 17.9. The van der Waals surface area contributed by atoms with Crippen LogP contribution in [0.25, 0.3) is 0 Å². The minimum Gasteiger partial charge on any atom is -0.324 e. The van der Waals surface area contributed by atoms with Crippen LogP contribution in [0.2, 0.25) is 0 Å². The third kappa shape index (κ3) is 4.28. The molecule has 1 atom stereocenters. The minimum absolute atomic E-state index is 0.0843. The molecule has 4 rings (SSSR count). The van der Waals surface area contributed by atoms with E-state index in [4.69, 9.17) is 0 Å². The highest BCUT2D eigenvalue weighted by Crippen LogP contribution is 2.37. The van der Waals surface area contributed by atoms with Gasteiger partial charge in [-0.25, -0.2) is 4.39 Å². The van der Waals surface area contributed by atoms with Crippen molar-refractivity contribution in [2.75, 3.05) is 11.9 Å². The molecule has 0 radical (unpaired) electrons.